The molecule has 0 N–H and O–H groups in total. The highest BCUT2D eigenvalue weighted by atomic mass is 19.5. The average molecular weight is 456 g/mol. The van der Waals surface area contributed by atoms with Gasteiger partial charge in [0.15, 0.2) is 11.3 Å². The Bertz CT molecular complexity index is 1100. The first-order valence-corrected chi connectivity index (χ1v) is 10.5. The van der Waals surface area contributed by atoms with Crippen molar-refractivity contribution in [2.45, 2.75) is 18.4 Å². The number of rotatable bonds is 5. The maximum Gasteiger partial charge on any atom is 0.673 e. The van der Waals surface area contributed by atoms with E-state index in [1.54, 1.807) is 0 Å². The van der Waals surface area contributed by atoms with Crippen LogP contribution in [0.15, 0.2) is 96.1 Å². The van der Waals surface area contributed by atoms with E-state index in [1.807, 2.05) is 66.7 Å². The Labute approximate surface area is 191 Å². The van der Waals surface area contributed by atoms with Crippen LogP contribution in [0.1, 0.15) is 34.3 Å². The van der Waals surface area contributed by atoms with Crippen molar-refractivity contribution in [3.63, 3.8) is 0 Å². The standard InChI is InChI=1S/C25H25N2O.BF4/c1-27(2)25(22-16-10-5-11-17-22,19-24(28)21-14-8-4-9-15-21)18-23(26-27)20-12-6-3-7-13-20;2-1(3,4)5/h3-17H,18-19H2,1-2H3;/q+1;-1. The fraction of sp³-hybridized carbons (Fsp3) is 0.200. The van der Waals surface area contributed by atoms with Crippen LogP contribution in [0.2, 0.25) is 0 Å². The number of hydrogen-bond acceptors (Lipinski definition) is 2. The van der Waals surface area contributed by atoms with Gasteiger partial charge in [0.05, 0.1) is 26.9 Å². The second-order valence-electron chi connectivity index (χ2n) is 8.34. The highest BCUT2D eigenvalue weighted by Gasteiger charge is 2.55. The first-order chi connectivity index (χ1) is 15.5. The SMILES string of the molecule is C[N+]1(C)N=C(c2ccccc2)CC1(CC(=O)c1ccccc1)c1ccccc1.F[B-](F)(F)F. The molecule has 4 rings (SSSR count). The van der Waals surface area contributed by atoms with Gasteiger partial charge in [0, 0.05) is 16.7 Å². The highest BCUT2D eigenvalue weighted by molar-refractivity contribution is 6.50. The van der Waals surface area contributed by atoms with E-state index in [2.05, 4.69) is 38.4 Å². The van der Waals surface area contributed by atoms with Crippen LogP contribution in [0, 0.1) is 0 Å². The number of Topliss-reactive ketones (excluding diaryl/α,β-unsaturated/α-hetero) is 1. The Kier molecular flexibility index (Phi) is 7.17. The van der Waals surface area contributed by atoms with Crippen molar-refractivity contribution in [2.24, 2.45) is 5.10 Å². The summed E-state index contributed by atoms with van der Waals surface area (Å²) >= 11 is 0. The minimum absolute atomic E-state index is 0.153. The van der Waals surface area contributed by atoms with E-state index < -0.39 is 12.8 Å². The minimum Gasteiger partial charge on any atom is -0.418 e. The van der Waals surface area contributed by atoms with Crippen molar-refractivity contribution in [3.05, 3.63) is 108 Å². The molecule has 3 nitrogen and oxygen atoms in total. The lowest BCUT2D eigenvalue weighted by molar-refractivity contribution is -0.949. The van der Waals surface area contributed by atoms with E-state index in [4.69, 9.17) is 5.10 Å². The summed E-state index contributed by atoms with van der Waals surface area (Å²) in [5.74, 6) is 0.153. The maximum atomic E-state index is 13.2. The Balaban J connectivity index is 0.000000555. The van der Waals surface area contributed by atoms with Crippen LogP contribution in [0.4, 0.5) is 17.3 Å². The highest BCUT2D eigenvalue weighted by Crippen LogP contribution is 2.46. The van der Waals surface area contributed by atoms with Gasteiger partial charge in [-0.05, 0) is 0 Å². The van der Waals surface area contributed by atoms with Gasteiger partial charge in [0.2, 0.25) is 0 Å². The van der Waals surface area contributed by atoms with Crippen LogP contribution in [-0.2, 0) is 5.54 Å². The smallest absolute Gasteiger partial charge is 0.418 e. The summed E-state index contributed by atoms with van der Waals surface area (Å²) in [5, 5.41) is 5.07. The summed E-state index contributed by atoms with van der Waals surface area (Å²) in [6, 6.07) is 30.2. The van der Waals surface area contributed by atoms with Crippen LogP contribution >= 0.6 is 0 Å². The normalized spacial score (nSPS) is 19.3. The number of quaternary nitrogens is 1. The summed E-state index contributed by atoms with van der Waals surface area (Å²) < 4.78 is 39.4. The van der Waals surface area contributed by atoms with Crippen molar-refractivity contribution in [1.82, 2.24) is 0 Å². The van der Waals surface area contributed by atoms with Crippen molar-refractivity contribution in [2.75, 3.05) is 14.1 Å². The van der Waals surface area contributed by atoms with Gasteiger partial charge in [-0.15, -0.1) is 0 Å². The topological polar surface area (TPSA) is 29.4 Å². The molecule has 0 saturated heterocycles. The van der Waals surface area contributed by atoms with Gasteiger partial charge in [-0.25, -0.2) is 0 Å². The Hall–Kier alpha value is -3.26. The lowest BCUT2D eigenvalue weighted by atomic mass is 9.78. The van der Waals surface area contributed by atoms with E-state index in [1.165, 1.54) is 0 Å². The molecule has 1 aliphatic heterocycles. The molecule has 33 heavy (non-hydrogen) atoms. The monoisotopic (exact) mass is 456 g/mol. The van der Waals surface area contributed by atoms with Crippen molar-refractivity contribution in [1.29, 1.82) is 0 Å². The van der Waals surface area contributed by atoms with Crippen molar-refractivity contribution in [3.8, 4) is 0 Å². The van der Waals surface area contributed by atoms with Crippen LogP contribution in [0.5, 0.6) is 0 Å². The molecule has 0 amide bonds. The Morgan fingerprint density at radius 3 is 1.82 bits per heavy atom. The lowest BCUT2D eigenvalue weighted by Crippen LogP contribution is -2.51. The van der Waals surface area contributed by atoms with E-state index in [0.29, 0.717) is 11.0 Å². The van der Waals surface area contributed by atoms with E-state index in [-0.39, 0.29) is 5.78 Å². The molecule has 172 valence electrons. The number of carbonyl (C=O) groups excluding carboxylic acids is 1. The molecule has 3 aromatic carbocycles. The van der Waals surface area contributed by atoms with Gasteiger partial charge in [0.1, 0.15) is 5.71 Å². The predicted octanol–water partition coefficient (Wildman–Crippen LogP) is 6.34. The summed E-state index contributed by atoms with van der Waals surface area (Å²) in [4.78, 5) is 13.2. The molecular formula is C25H25BF4N2O. The van der Waals surface area contributed by atoms with Crippen molar-refractivity contribution >= 4 is 18.7 Å². The molecule has 1 heterocycles. The first kappa shape index (κ1) is 24.4. The number of hydrogen-bond donors (Lipinski definition) is 0. The maximum absolute atomic E-state index is 13.2. The van der Waals surface area contributed by atoms with Gasteiger partial charge in [-0.1, -0.05) is 96.1 Å². The molecule has 1 aliphatic rings. The molecule has 0 radical (unpaired) electrons. The number of benzene rings is 3. The zero-order valence-electron chi connectivity index (χ0n) is 18.5. The molecule has 0 aromatic heterocycles. The van der Waals surface area contributed by atoms with Crippen LogP contribution in [0.25, 0.3) is 0 Å². The predicted molar refractivity (Wildman–Crippen MR) is 123 cm³/mol. The summed E-state index contributed by atoms with van der Waals surface area (Å²) in [5.41, 5.74) is 3.65. The van der Waals surface area contributed by atoms with Gasteiger partial charge in [0.25, 0.3) is 0 Å². The molecule has 3 aromatic rings. The molecule has 0 spiro atoms. The summed E-state index contributed by atoms with van der Waals surface area (Å²) in [7, 11) is -1.80. The van der Waals surface area contributed by atoms with E-state index >= 15 is 0 Å². The van der Waals surface area contributed by atoms with Gasteiger partial charge < -0.3 is 17.3 Å². The third kappa shape index (κ3) is 5.96. The molecule has 0 bridgehead atoms. The minimum atomic E-state index is -6.00. The van der Waals surface area contributed by atoms with E-state index in [0.717, 1.165) is 28.8 Å². The van der Waals surface area contributed by atoms with Gasteiger partial charge in [-0.3, -0.25) is 4.79 Å². The second kappa shape index (κ2) is 9.71. The third-order valence-corrected chi connectivity index (χ3v) is 5.85. The number of carbonyl (C=O) groups is 1. The zero-order valence-corrected chi connectivity index (χ0v) is 18.5. The zero-order chi connectivity index (χ0) is 24.1. The first-order valence-electron chi connectivity index (χ1n) is 10.5. The second-order valence-corrected chi connectivity index (χ2v) is 8.34. The quantitative estimate of drug-likeness (QED) is 0.191. The Morgan fingerprint density at radius 1 is 0.848 bits per heavy atom. The van der Waals surface area contributed by atoms with Gasteiger partial charge >= 0.3 is 7.25 Å². The number of ketones is 1. The Morgan fingerprint density at radius 2 is 1.30 bits per heavy atom. The van der Waals surface area contributed by atoms with Gasteiger partial charge in [-0.2, -0.15) is 4.59 Å². The van der Waals surface area contributed by atoms with Crippen LogP contribution < -0.4 is 0 Å². The van der Waals surface area contributed by atoms with Crippen LogP contribution in [0.3, 0.4) is 0 Å². The molecule has 1 atom stereocenters. The molecule has 0 fully saturated rings. The molecule has 0 aliphatic carbocycles. The molecule has 8 heteroatoms. The molecule has 0 saturated carbocycles. The molecule has 1 unspecified atom stereocenters. The van der Waals surface area contributed by atoms with E-state index in [9.17, 15) is 22.1 Å². The fourth-order valence-electron chi connectivity index (χ4n) is 4.21. The number of nitrogens with zero attached hydrogens (tertiary/aromatic N) is 2. The fourth-order valence-corrected chi connectivity index (χ4v) is 4.21. The number of halogens is 4. The third-order valence-electron chi connectivity index (χ3n) is 5.85. The summed E-state index contributed by atoms with van der Waals surface area (Å²) in [6.45, 7) is 0. The lowest BCUT2D eigenvalue weighted by Gasteiger charge is -2.39. The van der Waals surface area contributed by atoms with Crippen LogP contribution in [-0.4, -0.2) is 37.4 Å². The average Bonchev–Trinajstić information content (AvgIpc) is 3.05. The van der Waals surface area contributed by atoms with Crippen molar-refractivity contribution < 1.29 is 26.6 Å². The largest absolute Gasteiger partial charge is 0.673 e. The molecular weight excluding hydrogens is 431 g/mol. The summed E-state index contributed by atoms with van der Waals surface area (Å²) in [6.07, 6.45) is 1.14.